The van der Waals surface area contributed by atoms with Gasteiger partial charge >= 0.3 is 0 Å². The molecule has 0 saturated heterocycles. The number of thiazole rings is 1. The predicted molar refractivity (Wildman–Crippen MR) is 69.4 cm³/mol. The lowest BCUT2D eigenvalue weighted by molar-refractivity contribution is 0.0814. The lowest BCUT2D eigenvalue weighted by Crippen LogP contribution is -2.40. The van der Waals surface area contributed by atoms with Gasteiger partial charge in [-0.15, -0.1) is 11.3 Å². The molecule has 0 radical (unpaired) electrons. The molecule has 1 unspecified atom stereocenters. The molecule has 0 spiro atoms. The SMILES string of the molecule is CC(C)C1(C(N)c2nccs2)CCCCC1. The third-order valence-corrected chi connectivity index (χ3v) is 5.13. The van der Waals surface area contributed by atoms with Gasteiger partial charge in [-0.3, -0.25) is 0 Å². The maximum Gasteiger partial charge on any atom is 0.110 e. The van der Waals surface area contributed by atoms with Crippen molar-refractivity contribution in [2.45, 2.75) is 52.0 Å². The molecule has 1 aliphatic rings. The highest BCUT2D eigenvalue weighted by Crippen LogP contribution is 2.50. The number of nitrogens with two attached hydrogens (primary N) is 1. The predicted octanol–water partition coefficient (Wildman–Crippen LogP) is 3.75. The first-order valence-corrected chi connectivity index (χ1v) is 7.20. The largest absolute Gasteiger partial charge is 0.321 e. The topological polar surface area (TPSA) is 38.9 Å². The second-order valence-electron chi connectivity index (χ2n) is 5.30. The van der Waals surface area contributed by atoms with Gasteiger partial charge in [0.25, 0.3) is 0 Å². The summed E-state index contributed by atoms with van der Waals surface area (Å²) in [4.78, 5) is 4.41. The van der Waals surface area contributed by atoms with Gasteiger partial charge in [-0.05, 0) is 24.2 Å². The fourth-order valence-corrected chi connectivity index (χ4v) is 3.86. The molecule has 2 N–H and O–H groups in total. The highest BCUT2D eigenvalue weighted by Gasteiger charge is 2.42. The zero-order valence-corrected chi connectivity index (χ0v) is 11.1. The van der Waals surface area contributed by atoms with Gasteiger partial charge in [0.2, 0.25) is 0 Å². The summed E-state index contributed by atoms with van der Waals surface area (Å²) >= 11 is 1.70. The molecule has 0 aromatic carbocycles. The first kappa shape index (κ1) is 12.1. The van der Waals surface area contributed by atoms with Gasteiger partial charge in [0.15, 0.2) is 0 Å². The maximum atomic E-state index is 6.50. The summed E-state index contributed by atoms with van der Waals surface area (Å²) in [6.45, 7) is 4.64. The molecule has 1 saturated carbocycles. The van der Waals surface area contributed by atoms with Crippen LogP contribution in [0.3, 0.4) is 0 Å². The molecule has 1 fully saturated rings. The second kappa shape index (κ2) is 4.84. The van der Waals surface area contributed by atoms with E-state index < -0.39 is 0 Å². The molecule has 3 heteroatoms. The van der Waals surface area contributed by atoms with Crippen LogP contribution in [0.4, 0.5) is 0 Å². The van der Waals surface area contributed by atoms with Crippen molar-refractivity contribution >= 4 is 11.3 Å². The summed E-state index contributed by atoms with van der Waals surface area (Å²) in [5, 5.41) is 3.15. The van der Waals surface area contributed by atoms with Gasteiger partial charge in [0, 0.05) is 11.6 Å². The van der Waals surface area contributed by atoms with Crippen LogP contribution in [-0.4, -0.2) is 4.98 Å². The third-order valence-electron chi connectivity index (χ3n) is 4.27. The molecular formula is C13H22N2S. The maximum absolute atomic E-state index is 6.50. The van der Waals surface area contributed by atoms with Crippen LogP contribution in [0.5, 0.6) is 0 Å². The van der Waals surface area contributed by atoms with E-state index in [-0.39, 0.29) is 11.5 Å². The number of rotatable bonds is 3. The fraction of sp³-hybridized carbons (Fsp3) is 0.769. The van der Waals surface area contributed by atoms with Crippen molar-refractivity contribution in [3.05, 3.63) is 16.6 Å². The molecule has 2 nitrogen and oxygen atoms in total. The molecular weight excluding hydrogens is 216 g/mol. The first-order valence-electron chi connectivity index (χ1n) is 6.32. The third kappa shape index (κ3) is 2.03. The Morgan fingerprint density at radius 2 is 2.00 bits per heavy atom. The molecule has 1 atom stereocenters. The van der Waals surface area contributed by atoms with E-state index in [0.29, 0.717) is 5.92 Å². The zero-order valence-electron chi connectivity index (χ0n) is 10.3. The Labute approximate surface area is 102 Å². The van der Waals surface area contributed by atoms with E-state index in [2.05, 4.69) is 18.8 Å². The smallest absolute Gasteiger partial charge is 0.110 e. The average Bonchev–Trinajstić information content (AvgIpc) is 2.82. The summed E-state index contributed by atoms with van der Waals surface area (Å²) in [5.74, 6) is 0.645. The van der Waals surface area contributed by atoms with Crippen molar-refractivity contribution < 1.29 is 0 Å². The molecule has 1 aliphatic carbocycles. The summed E-state index contributed by atoms with van der Waals surface area (Å²) in [7, 11) is 0. The molecule has 1 aromatic heterocycles. The fourth-order valence-electron chi connectivity index (χ4n) is 3.09. The van der Waals surface area contributed by atoms with Crippen LogP contribution in [-0.2, 0) is 0 Å². The standard InChI is InChI=1S/C13H22N2S/c1-10(2)13(6-4-3-5-7-13)11(14)12-15-8-9-16-12/h8-11H,3-7,14H2,1-2H3. The Morgan fingerprint density at radius 3 is 2.50 bits per heavy atom. The van der Waals surface area contributed by atoms with E-state index in [4.69, 9.17) is 5.73 Å². The van der Waals surface area contributed by atoms with Crippen LogP contribution >= 0.6 is 11.3 Å². The zero-order chi connectivity index (χ0) is 11.6. The van der Waals surface area contributed by atoms with Crippen molar-refractivity contribution in [1.29, 1.82) is 0 Å². The van der Waals surface area contributed by atoms with Crippen molar-refractivity contribution in [3.63, 3.8) is 0 Å². The molecule has 16 heavy (non-hydrogen) atoms. The number of hydrogen-bond acceptors (Lipinski definition) is 3. The van der Waals surface area contributed by atoms with Crippen LogP contribution in [0.15, 0.2) is 11.6 Å². The second-order valence-corrected chi connectivity index (χ2v) is 6.22. The minimum atomic E-state index is 0.132. The van der Waals surface area contributed by atoms with Gasteiger partial charge in [0.1, 0.15) is 5.01 Å². The van der Waals surface area contributed by atoms with Crippen molar-refractivity contribution in [3.8, 4) is 0 Å². The lowest BCUT2D eigenvalue weighted by Gasteiger charge is -2.44. The summed E-state index contributed by atoms with van der Waals surface area (Å²) < 4.78 is 0. The van der Waals surface area contributed by atoms with Gasteiger partial charge in [-0.1, -0.05) is 33.1 Å². The molecule has 0 bridgehead atoms. The Kier molecular flexibility index (Phi) is 3.65. The highest BCUT2D eigenvalue weighted by molar-refractivity contribution is 7.09. The number of aromatic nitrogens is 1. The Hall–Kier alpha value is -0.410. The molecule has 90 valence electrons. The van der Waals surface area contributed by atoms with E-state index in [0.717, 1.165) is 5.01 Å². The summed E-state index contributed by atoms with van der Waals surface area (Å²) in [5.41, 5.74) is 6.79. The van der Waals surface area contributed by atoms with Gasteiger partial charge in [-0.25, -0.2) is 4.98 Å². The lowest BCUT2D eigenvalue weighted by atomic mass is 9.63. The van der Waals surface area contributed by atoms with Crippen molar-refractivity contribution in [2.24, 2.45) is 17.1 Å². The molecule has 0 aliphatic heterocycles. The van der Waals surface area contributed by atoms with Crippen molar-refractivity contribution in [1.82, 2.24) is 4.98 Å². The van der Waals surface area contributed by atoms with E-state index in [9.17, 15) is 0 Å². The van der Waals surface area contributed by atoms with Gasteiger partial charge in [0.05, 0.1) is 6.04 Å². The average molecular weight is 238 g/mol. The van der Waals surface area contributed by atoms with Gasteiger partial charge < -0.3 is 5.73 Å². The number of hydrogen-bond donors (Lipinski definition) is 1. The molecule has 0 amide bonds. The van der Waals surface area contributed by atoms with E-state index in [1.807, 2.05) is 11.6 Å². The Bertz CT molecular complexity index is 313. The Balaban J connectivity index is 2.25. The molecule has 1 heterocycles. The summed E-state index contributed by atoms with van der Waals surface area (Å²) in [6.07, 6.45) is 8.45. The molecule has 2 rings (SSSR count). The summed E-state index contributed by atoms with van der Waals surface area (Å²) in [6, 6.07) is 0.132. The van der Waals surface area contributed by atoms with E-state index >= 15 is 0 Å². The number of nitrogens with zero attached hydrogens (tertiary/aromatic N) is 1. The van der Waals surface area contributed by atoms with E-state index in [1.54, 1.807) is 11.3 Å². The van der Waals surface area contributed by atoms with Crippen LogP contribution in [0.1, 0.15) is 57.0 Å². The minimum absolute atomic E-state index is 0.132. The minimum Gasteiger partial charge on any atom is -0.321 e. The van der Waals surface area contributed by atoms with Gasteiger partial charge in [-0.2, -0.15) is 0 Å². The quantitative estimate of drug-likeness (QED) is 0.871. The van der Waals surface area contributed by atoms with Crippen LogP contribution in [0.2, 0.25) is 0 Å². The Morgan fingerprint density at radius 1 is 1.31 bits per heavy atom. The monoisotopic (exact) mass is 238 g/mol. The van der Waals surface area contributed by atoms with Crippen LogP contribution in [0.25, 0.3) is 0 Å². The van der Waals surface area contributed by atoms with Crippen molar-refractivity contribution in [2.75, 3.05) is 0 Å². The highest BCUT2D eigenvalue weighted by atomic mass is 32.1. The first-order chi connectivity index (χ1) is 7.67. The normalized spacial score (nSPS) is 22.2. The van der Waals surface area contributed by atoms with E-state index in [1.165, 1.54) is 32.1 Å². The molecule has 1 aromatic rings. The van der Waals surface area contributed by atoms with Crippen LogP contribution < -0.4 is 5.73 Å². The van der Waals surface area contributed by atoms with Crippen LogP contribution in [0, 0.1) is 11.3 Å².